The van der Waals surface area contributed by atoms with Crippen LogP contribution in [-0.4, -0.2) is 9.55 Å². The molecule has 3 heteroatoms. The third-order valence-corrected chi connectivity index (χ3v) is 1.98. The van der Waals surface area contributed by atoms with Crippen LogP contribution < -0.4 is 0 Å². The van der Waals surface area contributed by atoms with Crippen LogP contribution in [0.25, 0.3) is 0 Å². The van der Waals surface area contributed by atoms with Crippen LogP contribution in [0.15, 0.2) is 30.2 Å². The molecule has 1 aromatic heterocycles. The zero-order valence-electron chi connectivity index (χ0n) is 5.82. The molecule has 2 nitrogen and oxygen atoms in total. The fourth-order valence-corrected chi connectivity index (χ4v) is 1.14. The monoisotopic (exact) mass is 154 g/mol. The van der Waals surface area contributed by atoms with Gasteiger partial charge < -0.3 is 4.57 Å². The van der Waals surface area contributed by atoms with E-state index in [1.54, 1.807) is 24.0 Å². The summed E-state index contributed by atoms with van der Waals surface area (Å²) in [5, 5.41) is 0.986. The van der Waals surface area contributed by atoms with E-state index in [2.05, 4.69) is 11.6 Å². The van der Waals surface area contributed by atoms with E-state index in [1.807, 2.05) is 23.6 Å². The standard InChI is InChI=1S/C7H9N2S/c1-3-6-10-7-8-4-5-9(7)2/h3-6H,1H2,2H3/i7+1. The molecule has 0 aliphatic carbocycles. The SMILES string of the molecule is C=C[CH]S[13c]1nccn1C. The highest BCUT2D eigenvalue weighted by molar-refractivity contribution is 8.01. The molecular formula is C7H9N2S. The lowest BCUT2D eigenvalue weighted by Gasteiger charge is -1.95. The Labute approximate surface area is 65.0 Å². The number of hydrogen-bond acceptors (Lipinski definition) is 2. The van der Waals surface area contributed by atoms with Gasteiger partial charge in [-0.2, -0.15) is 0 Å². The summed E-state index contributed by atoms with van der Waals surface area (Å²) in [6, 6.07) is 0. The lowest BCUT2D eigenvalue weighted by Crippen LogP contribution is -1.86. The number of imidazole rings is 1. The van der Waals surface area contributed by atoms with Crippen molar-refractivity contribution < 1.29 is 0 Å². The molecule has 0 saturated heterocycles. The largest absolute Gasteiger partial charge is 0.329 e. The molecule has 0 aliphatic rings. The number of hydrogen-bond donors (Lipinski definition) is 0. The fourth-order valence-electron chi connectivity index (χ4n) is 0.574. The summed E-state index contributed by atoms with van der Waals surface area (Å²) in [5.74, 6) is 1.91. The Kier molecular flexibility index (Phi) is 2.57. The molecule has 0 spiro atoms. The summed E-state index contributed by atoms with van der Waals surface area (Å²) < 4.78 is 1.96. The molecule has 0 fully saturated rings. The third-order valence-electron chi connectivity index (χ3n) is 1.05. The minimum absolute atomic E-state index is 0.986. The lowest BCUT2D eigenvalue weighted by molar-refractivity contribution is 0.792. The third kappa shape index (κ3) is 1.64. The maximum atomic E-state index is 4.10. The number of thioether (sulfide) groups is 1. The van der Waals surface area contributed by atoms with E-state index in [0.29, 0.717) is 0 Å². The smallest absolute Gasteiger partial charge is 0.168 e. The van der Waals surface area contributed by atoms with Crippen molar-refractivity contribution in [3.63, 3.8) is 0 Å². The second kappa shape index (κ2) is 3.46. The zero-order chi connectivity index (χ0) is 7.40. The van der Waals surface area contributed by atoms with E-state index in [1.165, 1.54) is 0 Å². The van der Waals surface area contributed by atoms with Crippen molar-refractivity contribution in [2.24, 2.45) is 7.05 Å². The molecule has 1 heterocycles. The minimum Gasteiger partial charge on any atom is -0.329 e. The highest BCUT2D eigenvalue weighted by atomic mass is 32.2. The number of aryl methyl sites for hydroxylation is 1. The topological polar surface area (TPSA) is 17.8 Å². The second-order valence-corrected chi connectivity index (χ2v) is 2.68. The Morgan fingerprint density at radius 1 is 1.80 bits per heavy atom. The van der Waals surface area contributed by atoms with Crippen molar-refractivity contribution in [1.82, 2.24) is 9.55 Å². The van der Waals surface area contributed by atoms with E-state index in [0.717, 1.165) is 5.16 Å². The van der Waals surface area contributed by atoms with Gasteiger partial charge in [-0.25, -0.2) is 4.98 Å². The van der Waals surface area contributed by atoms with Gasteiger partial charge in [0.1, 0.15) is 0 Å². The quantitative estimate of drug-likeness (QED) is 0.618. The molecule has 1 radical (unpaired) electrons. The van der Waals surface area contributed by atoms with E-state index in [4.69, 9.17) is 0 Å². The van der Waals surface area contributed by atoms with Gasteiger partial charge in [0.2, 0.25) is 0 Å². The summed E-state index contributed by atoms with van der Waals surface area (Å²) in [4.78, 5) is 4.10. The normalized spacial score (nSPS) is 9.70. The van der Waals surface area contributed by atoms with Crippen molar-refractivity contribution >= 4 is 11.8 Å². The second-order valence-electron chi connectivity index (χ2n) is 1.81. The van der Waals surface area contributed by atoms with Crippen molar-refractivity contribution in [2.75, 3.05) is 0 Å². The number of nitrogens with zero attached hydrogens (tertiary/aromatic N) is 2. The summed E-state index contributed by atoms with van der Waals surface area (Å²) in [7, 11) is 1.96. The molecule has 0 N–H and O–H groups in total. The number of rotatable bonds is 3. The van der Waals surface area contributed by atoms with Crippen LogP contribution in [-0.2, 0) is 7.05 Å². The average molecular weight is 154 g/mol. The van der Waals surface area contributed by atoms with Gasteiger partial charge in [0, 0.05) is 25.2 Å². The highest BCUT2D eigenvalue weighted by Gasteiger charge is 1.95. The van der Waals surface area contributed by atoms with Gasteiger partial charge in [-0.15, -0.1) is 6.58 Å². The first-order valence-corrected chi connectivity index (χ1v) is 3.81. The molecule has 0 aliphatic heterocycles. The Morgan fingerprint density at radius 3 is 3.10 bits per heavy atom. The van der Waals surface area contributed by atoms with E-state index in [9.17, 15) is 0 Å². The van der Waals surface area contributed by atoms with Crippen molar-refractivity contribution in [1.29, 1.82) is 0 Å². The first-order chi connectivity index (χ1) is 4.84. The molecule has 0 unspecified atom stereocenters. The van der Waals surface area contributed by atoms with Crippen molar-refractivity contribution in [3.8, 4) is 0 Å². The van der Waals surface area contributed by atoms with Crippen LogP contribution in [0.1, 0.15) is 0 Å². The summed E-state index contributed by atoms with van der Waals surface area (Å²) >= 11 is 1.56. The predicted molar refractivity (Wildman–Crippen MR) is 43.6 cm³/mol. The van der Waals surface area contributed by atoms with Crippen molar-refractivity contribution in [2.45, 2.75) is 5.16 Å². The number of aromatic nitrogens is 2. The molecule has 0 bridgehead atoms. The summed E-state index contributed by atoms with van der Waals surface area (Å²) in [6.45, 7) is 3.58. The van der Waals surface area contributed by atoms with E-state index < -0.39 is 0 Å². The Bertz CT molecular complexity index is 217. The molecule has 0 amide bonds. The van der Waals surface area contributed by atoms with E-state index in [-0.39, 0.29) is 0 Å². The van der Waals surface area contributed by atoms with Gasteiger partial charge in [0.15, 0.2) is 5.16 Å². The summed E-state index contributed by atoms with van der Waals surface area (Å²) in [5.41, 5.74) is 0. The van der Waals surface area contributed by atoms with Crippen LogP contribution in [0.3, 0.4) is 0 Å². The van der Waals surface area contributed by atoms with Gasteiger partial charge in [-0.1, -0.05) is 17.8 Å². The van der Waals surface area contributed by atoms with Crippen LogP contribution in [0.4, 0.5) is 0 Å². The van der Waals surface area contributed by atoms with Crippen LogP contribution in [0.2, 0.25) is 0 Å². The summed E-state index contributed by atoms with van der Waals surface area (Å²) in [6.07, 6.45) is 5.44. The molecular weight excluding hydrogens is 145 g/mol. The van der Waals surface area contributed by atoms with Gasteiger partial charge in [0.05, 0.1) is 0 Å². The molecule has 53 valence electrons. The lowest BCUT2D eigenvalue weighted by atomic mass is 10.8. The molecule has 0 atom stereocenters. The van der Waals surface area contributed by atoms with E-state index >= 15 is 0 Å². The van der Waals surface area contributed by atoms with Crippen molar-refractivity contribution in [3.05, 3.63) is 30.8 Å². The van der Waals surface area contributed by atoms with Crippen LogP contribution in [0.5, 0.6) is 0 Å². The van der Waals surface area contributed by atoms with Gasteiger partial charge in [0.25, 0.3) is 0 Å². The van der Waals surface area contributed by atoms with Gasteiger partial charge in [-0.05, 0) is 0 Å². The molecule has 1 aromatic rings. The zero-order valence-corrected chi connectivity index (χ0v) is 6.64. The molecule has 10 heavy (non-hydrogen) atoms. The minimum atomic E-state index is 0.986. The Balaban J connectivity index is 2.56. The van der Waals surface area contributed by atoms with Gasteiger partial charge in [-0.3, -0.25) is 0 Å². The Morgan fingerprint density at radius 2 is 2.60 bits per heavy atom. The molecule has 0 saturated carbocycles. The predicted octanol–water partition coefficient (Wildman–Crippen LogP) is 1.86. The fraction of sp³-hybridized carbons (Fsp3) is 0.143. The van der Waals surface area contributed by atoms with Gasteiger partial charge >= 0.3 is 0 Å². The van der Waals surface area contributed by atoms with Crippen LogP contribution in [0, 0.1) is 5.75 Å². The van der Waals surface area contributed by atoms with Crippen LogP contribution >= 0.6 is 11.8 Å². The molecule has 0 aromatic carbocycles. The Hall–Kier alpha value is -0.700. The highest BCUT2D eigenvalue weighted by Crippen LogP contribution is 2.16. The average Bonchev–Trinajstić information content (AvgIpc) is 2.31. The molecule has 1 rings (SSSR count). The maximum absolute atomic E-state index is 4.10. The first-order valence-electron chi connectivity index (χ1n) is 2.93. The first kappa shape index (κ1) is 7.41. The maximum Gasteiger partial charge on any atom is 0.168 e.